The number of methoxy groups -OCH3 is 1. The summed E-state index contributed by atoms with van der Waals surface area (Å²) in [6.07, 6.45) is 1.53. The SMILES string of the molecule is COc1ccc(Br)cc1[C@H]1Oc2ccc(Cl)cc2C2=C1[C@@H](c1ccc(C)cc1)n1nc(SC)nc1N2. The quantitative estimate of drug-likeness (QED) is 0.255. The van der Waals surface area contributed by atoms with Crippen molar-refractivity contribution in [1.29, 1.82) is 0 Å². The summed E-state index contributed by atoms with van der Waals surface area (Å²) in [6, 6.07) is 19.9. The lowest BCUT2D eigenvalue weighted by atomic mass is 9.84. The Labute approximate surface area is 226 Å². The van der Waals surface area contributed by atoms with E-state index < -0.39 is 6.10 Å². The summed E-state index contributed by atoms with van der Waals surface area (Å²) in [5.41, 5.74) is 6.00. The zero-order valence-electron chi connectivity index (χ0n) is 19.8. The molecule has 0 bridgehead atoms. The smallest absolute Gasteiger partial charge is 0.227 e. The van der Waals surface area contributed by atoms with Crippen LogP contribution in [0, 0.1) is 6.92 Å². The average Bonchev–Trinajstić information content (AvgIpc) is 3.31. The van der Waals surface area contributed by atoms with Crippen LogP contribution in [0.5, 0.6) is 11.5 Å². The predicted molar refractivity (Wildman–Crippen MR) is 147 cm³/mol. The van der Waals surface area contributed by atoms with Crippen molar-refractivity contribution >= 4 is 50.9 Å². The highest BCUT2D eigenvalue weighted by atomic mass is 79.9. The standard InChI is InChI=1S/C27H22BrClN4O2S/c1-14-4-6-15(7-5-14)24-22-23(30-26-31-27(36-3)32-33(24)26)18-13-17(29)9-11-21(18)35-25(22)19-12-16(28)8-10-20(19)34-2/h4-13,24-25H,1-3H3,(H,30,31,32)/t24-,25-/m1/s1. The number of aromatic nitrogens is 3. The van der Waals surface area contributed by atoms with Gasteiger partial charge in [0.1, 0.15) is 17.5 Å². The Balaban J connectivity index is 1.66. The molecule has 0 amide bonds. The van der Waals surface area contributed by atoms with Crippen molar-refractivity contribution in [3.8, 4) is 11.5 Å². The molecule has 2 aliphatic heterocycles. The third-order valence-electron chi connectivity index (χ3n) is 6.46. The summed E-state index contributed by atoms with van der Waals surface area (Å²) >= 11 is 11.6. The third kappa shape index (κ3) is 3.88. The minimum atomic E-state index is -0.449. The number of ether oxygens (including phenoxy) is 2. The third-order valence-corrected chi connectivity index (χ3v) is 7.73. The van der Waals surface area contributed by atoms with Gasteiger partial charge in [0, 0.05) is 26.2 Å². The van der Waals surface area contributed by atoms with Crippen LogP contribution in [-0.4, -0.2) is 28.1 Å². The van der Waals surface area contributed by atoms with Gasteiger partial charge in [-0.15, -0.1) is 5.10 Å². The summed E-state index contributed by atoms with van der Waals surface area (Å²) in [4.78, 5) is 4.76. The lowest BCUT2D eigenvalue weighted by Crippen LogP contribution is -2.32. The maximum Gasteiger partial charge on any atom is 0.227 e. The Morgan fingerprint density at radius 2 is 1.92 bits per heavy atom. The van der Waals surface area contributed by atoms with Crippen molar-refractivity contribution < 1.29 is 9.47 Å². The monoisotopic (exact) mass is 580 g/mol. The Morgan fingerprint density at radius 3 is 2.67 bits per heavy atom. The number of nitrogens with zero attached hydrogens (tertiary/aromatic N) is 3. The maximum absolute atomic E-state index is 6.74. The van der Waals surface area contributed by atoms with E-state index >= 15 is 0 Å². The molecule has 0 fully saturated rings. The van der Waals surface area contributed by atoms with E-state index in [0.29, 0.717) is 16.1 Å². The minimum Gasteiger partial charge on any atom is -0.496 e. The van der Waals surface area contributed by atoms with Crippen molar-refractivity contribution in [1.82, 2.24) is 14.8 Å². The fraction of sp³-hybridized carbons (Fsp3) is 0.185. The van der Waals surface area contributed by atoms with Crippen molar-refractivity contribution in [3.63, 3.8) is 0 Å². The Kier molecular flexibility index (Phi) is 5.98. The molecular formula is C27H22BrClN4O2S. The molecule has 182 valence electrons. The zero-order chi connectivity index (χ0) is 25.0. The summed E-state index contributed by atoms with van der Waals surface area (Å²) in [5.74, 6) is 2.15. The predicted octanol–water partition coefficient (Wildman–Crippen LogP) is 7.29. The van der Waals surface area contributed by atoms with E-state index in [4.69, 9.17) is 31.2 Å². The molecule has 0 saturated carbocycles. The molecule has 0 spiro atoms. The molecule has 0 radical (unpaired) electrons. The number of hydrogen-bond donors (Lipinski definition) is 1. The lowest BCUT2D eigenvalue weighted by Gasteiger charge is -2.39. The van der Waals surface area contributed by atoms with E-state index in [1.807, 2.05) is 47.3 Å². The molecule has 1 N–H and O–H groups in total. The van der Waals surface area contributed by atoms with Gasteiger partial charge in [-0.25, -0.2) is 4.68 Å². The van der Waals surface area contributed by atoms with Gasteiger partial charge < -0.3 is 14.8 Å². The highest BCUT2D eigenvalue weighted by Crippen LogP contribution is 2.52. The first-order valence-electron chi connectivity index (χ1n) is 11.3. The van der Waals surface area contributed by atoms with Crippen LogP contribution in [0.1, 0.15) is 34.4 Å². The number of aryl methyl sites for hydroxylation is 1. The summed E-state index contributed by atoms with van der Waals surface area (Å²) in [6.45, 7) is 2.08. The van der Waals surface area contributed by atoms with Crippen LogP contribution >= 0.6 is 39.3 Å². The summed E-state index contributed by atoms with van der Waals surface area (Å²) in [5, 5.41) is 9.74. The molecule has 2 atom stereocenters. The van der Waals surface area contributed by atoms with Gasteiger partial charge in [-0.3, -0.25) is 0 Å². The number of halogens is 2. The fourth-order valence-electron chi connectivity index (χ4n) is 4.81. The van der Waals surface area contributed by atoms with Crippen molar-refractivity contribution in [2.24, 2.45) is 0 Å². The van der Waals surface area contributed by atoms with Crippen LogP contribution in [-0.2, 0) is 0 Å². The molecule has 9 heteroatoms. The number of thioether (sulfide) groups is 1. The van der Waals surface area contributed by atoms with Crippen molar-refractivity contribution in [2.75, 3.05) is 18.7 Å². The van der Waals surface area contributed by atoms with Gasteiger partial charge in [-0.05, 0) is 55.1 Å². The number of rotatable bonds is 4. The van der Waals surface area contributed by atoms with Crippen LogP contribution in [0.25, 0.3) is 5.70 Å². The second kappa shape index (κ2) is 9.18. The zero-order valence-corrected chi connectivity index (χ0v) is 22.9. The van der Waals surface area contributed by atoms with Gasteiger partial charge in [0.25, 0.3) is 0 Å². The van der Waals surface area contributed by atoms with Gasteiger partial charge in [0.05, 0.1) is 12.8 Å². The highest BCUT2D eigenvalue weighted by Gasteiger charge is 2.42. The lowest BCUT2D eigenvalue weighted by molar-refractivity contribution is 0.217. The largest absolute Gasteiger partial charge is 0.496 e. The number of nitrogens with one attached hydrogen (secondary N) is 1. The Hall–Kier alpha value is -2.94. The van der Waals surface area contributed by atoms with Gasteiger partial charge in [-0.1, -0.05) is 69.1 Å². The Morgan fingerprint density at radius 1 is 1.11 bits per heavy atom. The average molecular weight is 582 g/mol. The molecule has 3 aromatic carbocycles. The molecular weight excluding hydrogens is 560 g/mol. The first kappa shape index (κ1) is 23.5. The molecule has 4 aromatic rings. The van der Waals surface area contributed by atoms with Gasteiger partial charge >= 0.3 is 0 Å². The second-order valence-electron chi connectivity index (χ2n) is 8.66. The number of hydrogen-bond acceptors (Lipinski definition) is 6. The molecule has 0 unspecified atom stereocenters. The van der Waals surface area contributed by atoms with E-state index in [0.717, 1.165) is 43.9 Å². The van der Waals surface area contributed by atoms with E-state index in [1.165, 1.54) is 17.3 Å². The van der Waals surface area contributed by atoms with Gasteiger partial charge in [0.15, 0.2) is 6.10 Å². The highest BCUT2D eigenvalue weighted by molar-refractivity contribution is 9.10. The van der Waals surface area contributed by atoms with Crippen molar-refractivity contribution in [2.45, 2.75) is 24.2 Å². The van der Waals surface area contributed by atoms with E-state index in [-0.39, 0.29) is 6.04 Å². The summed E-state index contributed by atoms with van der Waals surface area (Å²) in [7, 11) is 1.68. The van der Waals surface area contributed by atoms with Gasteiger partial charge in [0.2, 0.25) is 11.1 Å². The van der Waals surface area contributed by atoms with E-state index in [2.05, 4.69) is 52.4 Å². The molecule has 1 aromatic heterocycles. The van der Waals surface area contributed by atoms with Crippen LogP contribution in [0.2, 0.25) is 5.02 Å². The van der Waals surface area contributed by atoms with Crippen LogP contribution in [0.3, 0.4) is 0 Å². The number of benzene rings is 3. The van der Waals surface area contributed by atoms with Crippen molar-refractivity contribution in [3.05, 3.63) is 98.0 Å². The van der Waals surface area contributed by atoms with Gasteiger partial charge in [-0.2, -0.15) is 4.98 Å². The molecule has 6 nitrogen and oxygen atoms in total. The molecule has 0 saturated heterocycles. The topological polar surface area (TPSA) is 61.2 Å². The Bertz CT molecular complexity index is 1520. The number of anilines is 1. The fourth-order valence-corrected chi connectivity index (χ4v) is 5.70. The molecule has 36 heavy (non-hydrogen) atoms. The second-order valence-corrected chi connectivity index (χ2v) is 10.8. The number of fused-ring (bicyclic) bond motifs is 3. The van der Waals surface area contributed by atoms with Crippen LogP contribution < -0.4 is 14.8 Å². The molecule has 0 aliphatic carbocycles. The minimum absolute atomic E-state index is 0.258. The summed E-state index contributed by atoms with van der Waals surface area (Å²) < 4.78 is 15.4. The van der Waals surface area contributed by atoms with Crippen LogP contribution in [0.15, 0.2) is 75.9 Å². The first-order chi connectivity index (χ1) is 17.5. The molecule has 2 aliphatic rings. The van der Waals surface area contributed by atoms with Crippen LogP contribution in [0.4, 0.5) is 5.95 Å². The first-order valence-corrected chi connectivity index (χ1v) is 13.7. The maximum atomic E-state index is 6.74. The van der Waals surface area contributed by atoms with E-state index in [9.17, 15) is 0 Å². The molecule has 6 rings (SSSR count). The molecule has 3 heterocycles. The normalized spacial score (nSPS) is 18.0. The van der Waals surface area contributed by atoms with E-state index in [1.54, 1.807) is 7.11 Å².